The number of aromatic nitrogens is 1. The smallest absolute Gasteiger partial charge is 0.429 e. The van der Waals surface area contributed by atoms with Gasteiger partial charge in [0.2, 0.25) is 0 Å². The monoisotopic (exact) mass is 481 g/mol. The van der Waals surface area contributed by atoms with Crippen LogP contribution in [-0.2, 0) is 6.11 Å². The van der Waals surface area contributed by atoms with Crippen molar-refractivity contribution in [3.05, 3.63) is 88.9 Å². The molecule has 0 fully saturated rings. The van der Waals surface area contributed by atoms with Crippen LogP contribution in [0, 0.1) is 35.0 Å². The second kappa shape index (κ2) is 9.12. The maximum Gasteiger partial charge on any atom is 0.432 e. The van der Waals surface area contributed by atoms with Gasteiger partial charge in [-0.2, -0.15) is 8.78 Å². The first-order chi connectivity index (χ1) is 16.0. The van der Waals surface area contributed by atoms with Crippen molar-refractivity contribution in [1.29, 1.82) is 0 Å². The average molecular weight is 481 g/mol. The predicted molar refractivity (Wildman–Crippen MR) is 111 cm³/mol. The van der Waals surface area contributed by atoms with Gasteiger partial charge in [-0.3, -0.25) is 4.98 Å². The van der Waals surface area contributed by atoms with Gasteiger partial charge in [-0.05, 0) is 54.5 Å². The van der Waals surface area contributed by atoms with E-state index < -0.39 is 46.5 Å². The molecule has 0 spiro atoms. The van der Waals surface area contributed by atoms with Crippen LogP contribution in [0.5, 0.6) is 5.75 Å². The third-order valence-corrected chi connectivity index (χ3v) is 5.64. The van der Waals surface area contributed by atoms with Crippen LogP contribution in [0.25, 0.3) is 16.8 Å². The number of hydrogen-bond donors (Lipinski definition) is 0. The molecule has 1 aliphatic carbocycles. The second-order valence-corrected chi connectivity index (χ2v) is 8.18. The second-order valence-electron chi connectivity index (χ2n) is 8.18. The average Bonchev–Trinajstić information content (AvgIpc) is 2.77. The number of ether oxygens (including phenoxy) is 1. The first kappa shape index (κ1) is 23.8. The molecule has 0 aliphatic heterocycles. The zero-order valence-corrected chi connectivity index (χ0v) is 17.8. The van der Waals surface area contributed by atoms with E-state index in [0.29, 0.717) is 18.1 Å². The van der Waals surface area contributed by atoms with Crippen molar-refractivity contribution >= 4 is 5.57 Å². The van der Waals surface area contributed by atoms with Crippen LogP contribution in [0.3, 0.4) is 0 Å². The summed E-state index contributed by atoms with van der Waals surface area (Å²) in [4.78, 5) is 4.20. The topological polar surface area (TPSA) is 22.1 Å². The van der Waals surface area contributed by atoms with E-state index in [1.165, 1.54) is 6.07 Å². The van der Waals surface area contributed by atoms with Gasteiger partial charge >= 0.3 is 6.11 Å². The highest BCUT2D eigenvalue weighted by molar-refractivity contribution is 5.68. The van der Waals surface area contributed by atoms with Crippen molar-refractivity contribution in [3.63, 3.8) is 0 Å². The van der Waals surface area contributed by atoms with Gasteiger partial charge in [0.05, 0.1) is 5.69 Å². The van der Waals surface area contributed by atoms with E-state index >= 15 is 0 Å². The summed E-state index contributed by atoms with van der Waals surface area (Å²) in [5.41, 5.74) is 0.290. The van der Waals surface area contributed by atoms with E-state index in [-0.39, 0.29) is 23.4 Å². The summed E-state index contributed by atoms with van der Waals surface area (Å²) in [6.07, 6.45) is 1.90. The minimum Gasteiger partial charge on any atom is -0.429 e. The van der Waals surface area contributed by atoms with Crippen molar-refractivity contribution in [1.82, 2.24) is 4.98 Å². The molecule has 2 nitrogen and oxygen atoms in total. The molecule has 0 saturated heterocycles. The quantitative estimate of drug-likeness (QED) is 0.274. The van der Waals surface area contributed by atoms with Gasteiger partial charge in [-0.1, -0.05) is 19.1 Å². The Kier molecular flexibility index (Phi) is 6.38. The number of alkyl halides is 2. The number of pyridine rings is 1. The van der Waals surface area contributed by atoms with Crippen LogP contribution in [0.4, 0.5) is 30.7 Å². The molecule has 3 aromatic rings. The van der Waals surface area contributed by atoms with Crippen molar-refractivity contribution in [2.24, 2.45) is 5.92 Å². The number of halogens is 7. The van der Waals surface area contributed by atoms with E-state index in [9.17, 15) is 30.7 Å². The summed E-state index contributed by atoms with van der Waals surface area (Å²) in [6.45, 7) is 2.16. The number of nitrogens with zero attached hydrogens (tertiary/aromatic N) is 1. The molecule has 0 radical (unpaired) electrons. The van der Waals surface area contributed by atoms with Crippen molar-refractivity contribution in [2.75, 3.05) is 0 Å². The molecule has 1 heterocycles. The SMILES string of the molecule is CC1CC=C(c2ccc(-c3cc(F)c(C(F)(F)Oc4cc(F)c(F)c(F)c4)c(F)c3)nc2)CC1. The Morgan fingerprint density at radius 2 is 1.53 bits per heavy atom. The molecule has 0 bridgehead atoms. The van der Waals surface area contributed by atoms with E-state index in [1.54, 1.807) is 12.3 Å². The minimum absolute atomic E-state index is 0.0915. The summed E-state index contributed by atoms with van der Waals surface area (Å²) in [7, 11) is 0. The lowest BCUT2D eigenvalue weighted by Crippen LogP contribution is -2.25. The number of benzene rings is 2. The molecule has 0 saturated carbocycles. The Hall–Kier alpha value is -3.36. The van der Waals surface area contributed by atoms with Crippen LogP contribution < -0.4 is 4.74 Å². The lowest BCUT2D eigenvalue weighted by molar-refractivity contribution is -0.189. The zero-order valence-electron chi connectivity index (χ0n) is 17.8. The van der Waals surface area contributed by atoms with Crippen molar-refractivity contribution < 1.29 is 35.5 Å². The number of hydrogen-bond acceptors (Lipinski definition) is 2. The molecule has 1 aliphatic rings. The summed E-state index contributed by atoms with van der Waals surface area (Å²) in [5, 5.41) is 0. The Morgan fingerprint density at radius 3 is 2.06 bits per heavy atom. The summed E-state index contributed by atoms with van der Waals surface area (Å²) in [6, 6.07) is 4.87. The summed E-state index contributed by atoms with van der Waals surface area (Å²) >= 11 is 0. The highest BCUT2D eigenvalue weighted by atomic mass is 19.3. The Bertz CT molecular complexity index is 1210. The molecule has 1 unspecified atom stereocenters. The van der Waals surface area contributed by atoms with Gasteiger partial charge in [0.15, 0.2) is 17.5 Å². The first-order valence-electron chi connectivity index (χ1n) is 10.4. The van der Waals surface area contributed by atoms with Crippen LogP contribution in [-0.4, -0.2) is 4.98 Å². The molecule has 178 valence electrons. The predicted octanol–water partition coefficient (Wildman–Crippen LogP) is 7.78. The fraction of sp³-hybridized carbons (Fsp3) is 0.240. The summed E-state index contributed by atoms with van der Waals surface area (Å²) in [5.74, 6) is -9.34. The Labute approximate surface area is 190 Å². The van der Waals surface area contributed by atoms with Gasteiger partial charge in [-0.25, -0.2) is 22.0 Å². The zero-order chi connectivity index (χ0) is 24.6. The highest BCUT2D eigenvalue weighted by Gasteiger charge is 2.41. The van der Waals surface area contributed by atoms with Gasteiger partial charge in [0, 0.05) is 23.9 Å². The van der Waals surface area contributed by atoms with E-state index in [0.717, 1.165) is 30.4 Å². The van der Waals surface area contributed by atoms with E-state index in [4.69, 9.17) is 0 Å². The lowest BCUT2D eigenvalue weighted by atomic mass is 9.88. The van der Waals surface area contributed by atoms with Crippen molar-refractivity contribution in [3.8, 4) is 17.0 Å². The molecular formula is C25H18F7NO. The van der Waals surface area contributed by atoms with Crippen molar-refractivity contribution in [2.45, 2.75) is 32.3 Å². The maximum atomic E-state index is 14.6. The highest BCUT2D eigenvalue weighted by Crippen LogP contribution is 2.37. The van der Waals surface area contributed by atoms with Gasteiger partial charge < -0.3 is 4.74 Å². The van der Waals surface area contributed by atoms with Gasteiger partial charge in [-0.15, -0.1) is 0 Å². The third kappa shape index (κ3) is 4.78. The van der Waals surface area contributed by atoms with Gasteiger partial charge in [0.1, 0.15) is 22.9 Å². The molecule has 9 heteroatoms. The first-order valence-corrected chi connectivity index (χ1v) is 10.4. The Morgan fingerprint density at radius 1 is 0.882 bits per heavy atom. The largest absolute Gasteiger partial charge is 0.432 e. The van der Waals surface area contributed by atoms with E-state index in [2.05, 4.69) is 22.7 Å². The summed E-state index contributed by atoms with van der Waals surface area (Å²) < 4.78 is 102. The molecule has 2 aromatic carbocycles. The van der Waals surface area contributed by atoms with E-state index in [1.807, 2.05) is 0 Å². The molecule has 34 heavy (non-hydrogen) atoms. The van der Waals surface area contributed by atoms with Gasteiger partial charge in [0.25, 0.3) is 0 Å². The fourth-order valence-corrected chi connectivity index (χ4v) is 3.77. The van der Waals surface area contributed by atoms with Crippen LogP contribution in [0.15, 0.2) is 48.7 Å². The number of rotatable bonds is 5. The number of allylic oxidation sites excluding steroid dienone is 2. The molecule has 1 atom stereocenters. The fourth-order valence-electron chi connectivity index (χ4n) is 3.77. The molecule has 0 amide bonds. The molecule has 1 aromatic heterocycles. The third-order valence-electron chi connectivity index (χ3n) is 5.64. The molecule has 4 rings (SSSR count). The van der Waals surface area contributed by atoms with Crippen LogP contribution >= 0.6 is 0 Å². The van der Waals surface area contributed by atoms with Crippen LogP contribution in [0.2, 0.25) is 0 Å². The maximum absolute atomic E-state index is 14.6. The Balaban J connectivity index is 1.60. The molecule has 0 N–H and O–H groups in total. The normalized spacial score (nSPS) is 16.4. The lowest BCUT2D eigenvalue weighted by Gasteiger charge is -2.20. The standard InChI is InChI=1S/C25H18F7NO/c1-13-2-4-14(5-3-13)15-6-7-22(33-12-15)16-8-18(26)23(19(27)9-16)25(31,32)34-17-10-20(28)24(30)21(29)11-17/h4,6-13H,2-3,5H2,1H3. The van der Waals surface area contributed by atoms with Crippen LogP contribution in [0.1, 0.15) is 37.3 Å². The molecular weight excluding hydrogens is 463 g/mol. The minimum atomic E-state index is -4.65.